The minimum Gasteiger partial charge on any atom is -0.748 e. The molecule has 0 saturated heterocycles. The molecule has 8 nitrogen and oxygen atoms in total. The van der Waals surface area contributed by atoms with E-state index in [1.807, 2.05) is 0 Å². The van der Waals surface area contributed by atoms with Crippen molar-refractivity contribution in [3.8, 4) is 0 Å². The zero-order valence-corrected chi connectivity index (χ0v) is 31.1. The molecule has 0 aromatic carbocycles. The van der Waals surface area contributed by atoms with Gasteiger partial charge in [0.05, 0.1) is 23.3 Å². The third kappa shape index (κ3) is 11.9. The summed E-state index contributed by atoms with van der Waals surface area (Å²) < 4.78 is 391. The molecule has 0 aliphatic rings. The Morgan fingerprint density at radius 2 is 0.814 bits per heavy atom. The number of ether oxygens (including phenoxy) is 3. The fourth-order valence-electron chi connectivity index (χ4n) is 3.52. The third-order valence-electron chi connectivity index (χ3n) is 6.95. The van der Waals surface area contributed by atoms with Crippen LogP contribution in [0.4, 0.5) is 119 Å². The van der Waals surface area contributed by atoms with Crippen molar-refractivity contribution in [3.63, 3.8) is 0 Å². The van der Waals surface area contributed by atoms with Crippen molar-refractivity contribution in [2.24, 2.45) is 0 Å². The fraction of sp³-hybridized carbons (Fsp3) is 0.957. The van der Waals surface area contributed by atoms with Gasteiger partial charge in [-0.3, -0.25) is 0 Å². The smallest absolute Gasteiger partial charge is 0.748 e. The fourth-order valence-corrected chi connectivity index (χ4v) is 4.02. The van der Waals surface area contributed by atoms with Gasteiger partial charge in [0.1, 0.15) is 6.61 Å². The van der Waals surface area contributed by atoms with Crippen LogP contribution in [0.1, 0.15) is 26.2 Å². The molecule has 0 aliphatic carbocycles. The molecule has 0 radical (unpaired) electrons. The molecule has 36 heteroatoms. The molecule has 0 atom stereocenters. The molecule has 348 valence electrons. The van der Waals surface area contributed by atoms with E-state index in [-0.39, 0.29) is 36.5 Å². The minimum absolute atomic E-state index is 0. The van der Waals surface area contributed by atoms with Crippen LogP contribution >= 0.6 is 0 Å². The van der Waals surface area contributed by atoms with Gasteiger partial charge in [-0.05, 0) is 13.3 Å². The summed E-state index contributed by atoms with van der Waals surface area (Å²) in [5.41, 5.74) is 0. The minimum atomic E-state index is -8.39. The molecule has 0 rings (SSSR count). The Balaban J connectivity index is 0. The molecular formula is C23H20F26NNaO7S. The van der Waals surface area contributed by atoms with Crippen LogP contribution in [0.2, 0.25) is 0 Å². The maximum Gasteiger partial charge on any atom is 1.00 e. The van der Waals surface area contributed by atoms with Gasteiger partial charge in [0, 0.05) is 25.1 Å². The number of carbonyl (C=O) groups excluding carboxylic acids is 1. The summed E-state index contributed by atoms with van der Waals surface area (Å²) in [5.74, 6) is -84.4. The van der Waals surface area contributed by atoms with Crippen LogP contribution in [-0.2, 0) is 24.3 Å². The van der Waals surface area contributed by atoms with Gasteiger partial charge in [0.25, 0.3) is 0 Å². The van der Waals surface area contributed by atoms with Crippen LogP contribution in [0, 0.1) is 0 Å². The van der Waals surface area contributed by atoms with E-state index in [0.717, 1.165) is 0 Å². The van der Waals surface area contributed by atoms with Crippen molar-refractivity contribution in [3.05, 3.63) is 0 Å². The van der Waals surface area contributed by atoms with Crippen LogP contribution < -0.4 is 34.9 Å². The van der Waals surface area contributed by atoms with Crippen molar-refractivity contribution in [1.29, 1.82) is 0 Å². The quantitative estimate of drug-likeness (QED) is 0.0491. The molecule has 0 aromatic heterocycles. The van der Waals surface area contributed by atoms with E-state index in [1.54, 1.807) is 0 Å². The molecule has 0 fully saturated rings. The maximum atomic E-state index is 14.2. The molecular weight excluding hydrogens is 951 g/mol. The standard InChI is InChI=1S/C23H21F26NO7S.Na/c1-11(9-55-10(51)50-5-2-8-58(52,53)54,56-6-3-12(24,25)14(28,29)16(32,33)18(36,37)20(40,41)22(44,45)46)57-7-4-13(26,27)15(30,31)17(34,35)19(38,39)21(42,43)23(47,48)49;/h2-9H2,1H3,(H,50,51)(H,52,53,54);/q;+1/p-1. The Morgan fingerprint density at radius 1 is 0.525 bits per heavy atom. The summed E-state index contributed by atoms with van der Waals surface area (Å²) in [6.45, 7) is -8.06. The van der Waals surface area contributed by atoms with Crippen molar-refractivity contribution in [2.75, 3.05) is 32.1 Å². The Kier molecular flexibility index (Phi) is 18.3. The second kappa shape index (κ2) is 18.2. The van der Waals surface area contributed by atoms with Crippen LogP contribution in [0.5, 0.6) is 0 Å². The number of alkyl halides is 26. The first kappa shape index (κ1) is 59.4. The van der Waals surface area contributed by atoms with Gasteiger partial charge in [0.2, 0.25) is 0 Å². The zero-order valence-electron chi connectivity index (χ0n) is 28.2. The molecule has 0 saturated carbocycles. The van der Waals surface area contributed by atoms with Crippen LogP contribution in [0.3, 0.4) is 0 Å². The maximum absolute atomic E-state index is 14.2. The molecule has 1 N–H and O–H groups in total. The first-order valence-electron chi connectivity index (χ1n) is 14.0. The van der Waals surface area contributed by atoms with Crippen LogP contribution in [0.25, 0.3) is 0 Å². The SMILES string of the molecule is CC(COC(=O)NCCCS(=O)(=O)[O-])(OCCC(F)(F)C(F)(F)C(F)(F)C(F)(F)C(F)(F)C(F)(F)F)OCCC(F)(F)C(F)(F)C(F)(F)C(F)(F)C(F)(F)C(F)(F)F.[Na+]. The zero-order chi connectivity index (χ0) is 47.1. The molecule has 59 heavy (non-hydrogen) atoms. The van der Waals surface area contributed by atoms with Gasteiger partial charge in [-0.2, -0.15) is 114 Å². The number of rotatable bonds is 22. The summed E-state index contributed by atoms with van der Waals surface area (Å²) in [6.07, 6.45) is -24.9. The number of nitrogens with one attached hydrogen (secondary N) is 1. The number of hydrogen-bond acceptors (Lipinski definition) is 7. The van der Waals surface area contributed by atoms with E-state index in [4.69, 9.17) is 0 Å². The van der Waals surface area contributed by atoms with E-state index in [9.17, 15) is 132 Å². The second-order valence-corrected chi connectivity index (χ2v) is 13.0. The Morgan fingerprint density at radius 3 is 1.08 bits per heavy atom. The van der Waals surface area contributed by atoms with E-state index in [2.05, 4.69) is 14.2 Å². The first-order valence-corrected chi connectivity index (χ1v) is 15.6. The predicted octanol–water partition coefficient (Wildman–Crippen LogP) is 5.66. The Hall–Kier alpha value is -1.72. The Labute approximate surface area is 332 Å². The summed E-state index contributed by atoms with van der Waals surface area (Å²) in [7, 11) is -4.95. The normalized spacial score (nSPS) is 15.5. The van der Waals surface area contributed by atoms with Gasteiger partial charge >= 0.3 is 107 Å². The molecule has 0 unspecified atom stereocenters. The van der Waals surface area contributed by atoms with E-state index in [1.165, 1.54) is 5.32 Å². The number of hydrogen-bond donors (Lipinski definition) is 1. The average molecular weight is 971 g/mol. The number of amides is 1. The molecule has 0 spiro atoms. The largest absolute Gasteiger partial charge is 1.00 e. The topological polar surface area (TPSA) is 114 Å². The Bertz CT molecular complexity index is 1440. The van der Waals surface area contributed by atoms with Gasteiger partial charge in [-0.25, -0.2) is 13.2 Å². The van der Waals surface area contributed by atoms with Gasteiger partial charge in [-0.1, -0.05) is 0 Å². The van der Waals surface area contributed by atoms with Crippen molar-refractivity contribution >= 4 is 16.2 Å². The monoisotopic (exact) mass is 971 g/mol. The van der Waals surface area contributed by atoms with Gasteiger partial charge < -0.3 is 24.1 Å². The molecule has 0 aliphatic heterocycles. The molecule has 1 amide bonds. The molecule has 0 bridgehead atoms. The third-order valence-corrected chi connectivity index (χ3v) is 7.74. The first-order chi connectivity index (χ1) is 25.0. The predicted molar refractivity (Wildman–Crippen MR) is 130 cm³/mol. The van der Waals surface area contributed by atoms with Gasteiger partial charge in [-0.15, -0.1) is 0 Å². The molecule has 0 heterocycles. The van der Waals surface area contributed by atoms with E-state index in [0.29, 0.717) is 0 Å². The number of carbonyl (C=O) groups is 1. The second-order valence-electron chi connectivity index (χ2n) is 11.4. The summed E-state index contributed by atoms with van der Waals surface area (Å²) >= 11 is 0. The van der Waals surface area contributed by atoms with Crippen molar-refractivity contribution < 1.29 is 176 Å². The number of halogens is 26. The van der Waals surface area contributed by atoms with Crippen molar-refractivity contribution in [2.45, 2.75) is 104 Å². The summed E-state index contributed by atoms with van der Waals surface area (Å²) in [4.78, 5) is 11.8. The molecule has 0 aromatic rings. The van der Waals surface area contributed by atoms with Gasteiger partial charge in [0.15, 0.2) is 5.79 Å². The summed E-state index contributed by atoms with van der Waals surface area (Å²) in [6, 6.07) is 0. The van der Waals surface area contributed by atoms with Crippen LogP contribution in [0.15, 0.2) is 0 Å². The summed E-state index contributed by atoms with van der Waals surface area (Å²) in [5, 5.41) is 1.53. The van der Waals surface area contributed by atoms with E-state index < -0.39 is 145 Å². The number of alkyl carbamates (subject to hydrolysis) is 1. The van der Waals surface area contributed by atoms with Crippen LogP contribution in [-0.4, -0.2) is 129 Å². The van der Waals surface area contributed by atoms with E-state index >= 15 is 0 Å². The van der Waals surface area contributed by atoms with Crippen molar-refractivity contribution in [1.82, 2.24) is 5.32 Å². The average Bonchev–Trinajstić information content (AvgIpc) is 2.99.